The van der Waals surface area contributed by atoms with Crippen molar-refractivity contribution in [3.05, 3.63) is 52.8 Å². The fourth-order valence-electron chi connectivity index (χ4n) is 3.08. The molecule has 2 unspecified atom stereocenters. The Morgan fingerprint density at radius 1 is 1.38 bits per heavy atom. The summed E-state index contributed by atoms with van der Waals surface area (Å²) in [6, 6.07) is 9.93. The van der Waals surface area contributed by atoms with Crippen molar-refractivity contribution in [2.75, 3.05) is 6.54 Å². The molecule has 1 aliphatic rings. The number of aryl methyl sites for hydroxylation is 2. The van der Waals surface area contributed by atoms with Crippen LogP contribution >= 0.6 is 0 Å². The zero-order valence-corrected chi connectivity index (χ0v) is 14.1. The monoisotopic (exact) mass is 328 g/mol. The molecule has 1 fully saturated rings. The van der Waals surface area contributed by atoms with E-state index in [2.05, 4.69) is 33.9 Å². The second-order valence-corrected chi connectivity index (χ2v) is 6.47. The van der Waals surface area contributed by atoms with E-state index in [4.69, 9.17) is 0 Å². The predicted octanol–water partition coefficient (Wildman–Crippen LogP) is 0.887. The fourth-order valence-corrected chi connectivity index (χ4v) is 3.08. The van der Waals surface area contributed by atoms with Crippen molar-refractivity contribution >= 4 is 5.91 Å². The van der Waals surface area contributed by atoms with Crippen molar-refractivity contribution in [2.45, 2.75) is 45.5 Å². The highest BCUT2D eigenvalue weighted by molar-refractivity contribution is 5.82. The summed E-state index contributed by atoms with van der Waals surface area (Å²) < 4.78 is 1.98. The number of nitrogens with one attached hydrogen (secondary N) is 2. The van der Waals surface area contributed by atoms with E-state index in [9.17, 15) is 9.90 Å². The van der Waals surface area contributed by atoms with Crippen molar-refractivity contribution in [3.8, 4) is 0 Å². The molecule has 3 rings (SSSR count). The van der Waals surface area contributed by atoms with Crippen molar-refractivity contribution in [1.29, 1.82) is 0 Å². The number of carbonyl (C=O) groups excluding carboxylic acids is 1. The number of amides is 1. The van der Waals surface area contributed by atoms with Gasteiger partial charge in [0.05, 0.1) is 24.4 Å². The number of aliphatic hydroxyl groups excluding tert-OH is 1. The van der Waals surface area contributed by atoms with Gasteiger partial charge in [0.25, 0.3) is 0 Å². The van der Waals surface area contributed by atoms with Crippen LogP contribution in [-0.4, -0.2) is 39.5 Å². The van der Waals surface area contributed by atoms with Gasteiger partial charge in [-0.15, -0.1) is 0 Å². The third kappa shape index (κ3) is 4.01. The number of β-amino-alcohol motifs (C(OH)–C–C–N with tert-alkyl or cyclic N) is 1. The van der Waals surface area contributed by atoms with E-state index in [-0.39, 0.29) is 11.9 Å². The summed E-state index contributed by atoms with van der Waals surface area (Å²) in [5, 5.41) is 19.9. The van der Waals surface area contributed by atoms with E-state index in [0.717, 1.165) is 29.1 Å². The first kappa shape index (κ1) is 16.7. The first-order chi connectivity index (χ1) is 11.5. The molecule has 6 nitrogen and oxygen atoms in total. The summed E-state index contributed by atoms with van der Waals surface area (Å²) >= 11 is 0. The number of hydrogen-bond donors (Lipinski definition) is 3. The van der Waals surface area contributed by atoms with E-state index >= 15 is 0 Å². The van der Waals surface area contributed by atoms with Gasteiger partial charge in [0.15, 0.2) is 0 Å². The van der Waals surface area contributed by atoms with Gasteiger partial charge in [-0.3, -0.25) is 9.48 Å². The molecule has 1 saturated heterocycles. The quantitative estimate of drug-likeness (QED) is 0.761. The summed E-state index contributed by atoms with van der Waals surface area (Å²) in [6.45, 7) is 5.72. The molecule has 0 aliphatic carbocycles. The molecule has 1 aliphatic heterocycles. The highest BCUT2D eigenvalue weighted by Crippen LogP contribution is 2.11. The second-order valence-electron chi connectivity index (χ2n) is 6.47. The van der Waals surface area contributed by atoms with Crippen LogP contribution in [0.5, 0.6) is 0 Å². The van der Waals surface area contributed by atoms with Crippen molar-refractivity contribution in [1.82, 2.24) is 20.4 Å². The molecule has 0 radical (unpaired) electrons. The molecular weight excluding hydrogens is 304 g/mol. The maximum atomic E-state index is 12.1. The number of aromatic nitrogens is 2. The number of aliphatic hydroxyl groups is 1. The third-order valence-corrected chi connectivity index (χ3v) is 4.32. The fraction of sp³-hybridized carbons (Fsp3) is 0.444. The van der Waals surface area contributed by atoms with Crippen molar-refractivity contribution in [3.63, 3.8) is 0 Å². The Morgan fingerprint density at radius 2 is 2.17 bits per heavy atom. The van der Waals surface area contributed by atoms with Crippen LogP contribution in [0.3, 0.4) is 0 Å². The average Bonchev–Trinajstić information content (AvgIpc) is 3.11. The maximum absolute atomic E-state index is 12.1. The van der Waals surface area contributed by atoms with Gasteiger partial charge in [-0.25, -0.2) is 0 Å². The lowest BCUT2D eigenvalue weighted by Gasteiger charge is -2.12. The molecule has 2 aromatic rings. The summed E-state index contributed by atoms with van der Waals surface area (Å²) in [6.07, 6.45) is 0.0499. The lowest BCUT2D eigenvalue weighted by molar-refractivity contribution is -0.123. The normalized spacial score (nSPS) is 20.3. The van der Waals surface area contributed by atoms with Gasteiger partial charge >= 0.3 is 0 Å². The molecule has 2 heterocycles. The van der Waals surface area contributed by atoms with E-state index in [1.807, 2.05) is 30.7 Å². The Labute approximate surface area is 141 Å². The minimum absolute atomic E-state index is 0.0597. The topological polar surface area (TPSA) is 79.2 Å². The Bertz CT molecular complexity index is 726. The van der Waals surface area contributed by atoms with Crippen LogP contribution in [0.1, 0.15) is 28.9 Å². The highest BCUT2D eigenvalue weighted by Gasteiger charge is 2.27. The summed E-state index contributed by atoms with van der Waals surface area (Å²) in [4.78, 5) is 12.1. The Balaban J connectivity index is 1.59. The minimum atomic E-state index is -0.426. The largest absolute Gasteiger partial charge is 0.392 e. The molecule has 128 valence electrons. The summed E-state index contributed by atoms with van der Waals surface area (Å²) in [7, 11) is 0. The van der Waals surface area contributed by atoms with Gasteiger partial charge in [-0.2, -0.15) is 5.10 Å². The van der Waals surface area contributed by atoms with Crippen LogP contribution < -0.4 is 10.6 Å². The first-order valence-electron chi connectivity index (χ1n) is 8.29. The van der Waals surface area contributed by atoms with Gasteiger partial charge in [-0.05, 0) is 37.5 Å². The van der Waals surface area contributed by atoms with Crippen LogP contribution in [0, 0.1) is 13.8 Å². The minimum Gasteiger partial charge on any atom is -0.392 e. The lowest BCUT2D eigenvalue weighted by Crippen LogP contribution is -2.40. The third-order valence-electron chi connectivity index (χ3n) is 4.32. The average molecular weight is 328 g/mol. The van der Waals surface area contributed by atoms with E-state index in [1.165, 1.54) is 0 Å². The van der Waals surface area contributed by atoms with E-state index in [1.54, 1.807) is 0 Å². The Morgan fingerprint density at radius 3 is 2.83 bits per heavy atom. The number of carbonyl (C=O) groups is 1. The number of nitrogens with zero attached hydrogens (tertiary/aromatic N) is 2. The van der Waals surface area contributed by atoms with Crippen LogP contribution in [0.25, 0.3) is 0 Å². The SMILES string of the molecule is Cc1cc(C)n(Cc2cccc(CNC(=O)C3CC(O)CN3)c2)n1. The van der Waals surface area contributed by atoms with Crippen LogP contribution in [-0.2, 0) is 17.9 Å². The van der Waals surface area contributed by atoms with Gasteiger partial charge in [0, 0.05) is 18.8 Å². The zero-order valence-electron chi connectivity index (χ0n) is 14.1. The highest BCUT2D eigenvalue weighted by atomic mass is 16.3. The number of rotatable bonds is 5. The van der Waals surface area contributed by atoms with Gasteiger partial charge in [0.1, 0.15) is 0 Å². The summed E-state index contributed by atoms with van der Waals surface area (Å²) in [5.41, 5.74) is 4.36. The van der Waals surface area contributed by atoms with E-state index < -0.39 is 6.10 Å². The number of hydrogen-bond acceptors (Lipinski definition) is 4. The summed E-state index contributed by atoms with van der Waals surface area (Å²) in [5.74, 6) is -0.0597. The van der Waals surface area contributed by atoms with Crippen molar-refractivity contribution in [2.24, 2.45) is 0 Å². The van der Waals surface area contributed by atoms with Gasteiger partial charge < -0.3 is 15.7 Å². The zero-order chi connectivity index (χ0) is 17.1. The van der Waals surface area contributed by atoms with Crippen LogP contribution in [0.15, 0.2) is 30.3 Å². The Hall–Kier alpha value is -2.18. The molecule has 0 bridgehead atoms. The molecule has 0 spiro atoms. The smallest absolute Gasteiger partial charge is 0.237 e. The lowest BCUT2D eigenvalue weighted by atomic mass is 10.1. The van der Waals surface area contributed by atoms with Gasteiger partial charge in [0.2, 0.25) is 5.91 Å². The maximum Gasteiger partial charge on any atom is 0.237 e. The molecule has 6 heteroatoms. The second kappa shape index (κ2) is 7.15. The predicted molar refractivity (Wildman–Crippen MR) is 91.5 cm³/mol. The molecule has 2 atom stereocenters. The standard InChI is InChI=1S/C18H24N4O2/c1-12-6-13(2)22(21-12)11-15-5-3-4-14(7-15)9-20-18(24)17-8-16(23)10-19-17/h3-7,16-17,19,23H,8-11H2,1-2H3,(H,20,24). The molecule has 0 saturated carbocycles. The van der Waals surface area contributed by atoms with Crippen LogP contribution in [0.2, 0.25) is 0 Å². The number of benzene rings is 1. The first-order valence-corrected chi connectivity index (χ1v) is 8.29. The van der Waals surface area contributed by atoms with Gasteiger partial charge in [-0.1, -0.05) is 24.3 Å². The molecule has 24 heavy (non-hydrogen) atoms. The Kier molecular flexibility index (Phi) is 4.97. The molecular formula is C18H24N4O2. The molecule has 1 amide bonds. The molecule has 1 aromatic heterocycles. The van der Waals surface area contributed by atoms with Crippen LogP contribution in [0.4, 0.5) is 0 Å². The van der Waals surface area contributed by atoms with Crippen molar-refractivity contribution < 1.29 is 9.90 Å². The molecule has 1 aromatic carbocycles. The molecule has 3 N–H and O–H groups in total. The van der Waals surface area contributed by atoms with E-state index in [0.29, 0.717) is 19.5 Å².